The lowest BCUT2D eigenvalue weighted by Gasteiger charge is -2.33. The number of fused-ring (bicyclic) bond motifs is 1. The molecule has 218 valence electrons. The number of rotatable bonds is 8. The van der Waals surface area contributed by atoms with Gasteiger partial charge in [0.1, 0.15) is 33.5 Å². The van der Waals surface area contributed by atoms with Gasteiger partial charge >= 0.3 is 5.97 Å². The van der Waals surface area contributed by atoms with Crippen LogP contribution < -0.4 is 11.1 Å². The van der Waals surface area contributed by atoms with Crippen LogP contribution in [0.15, 0.2) is 29.3 Å². The van der Waals surface area contributed by atoms with Gasteiger partial charge in [-0.25, -0.2) is 9.78 Å². The molecule has 1 amide bonds. The number of carbonyl (C=O) groups is 2. The highest BCUT2D eigenvalue weighted by atomic mass is 32.2. The first-order valence-electron chi connectivity index (χ1n) is 13.9. The number of nitrogens with two attached hydrogens (primary N) is 1. The van der Waals surface area contributed by atoms with Crippen molar-refractivity contribution in [1.29, 1.82) is 10.5 Å². The number of hydrogen-bond donors (Lipinski definition) is 2. The van der Waals surface area contributed by atoms with E-state index < -0.39 is 5.97 Å². The van der Waals surface area contributed by atoms with Gasteiger partial charge in [0, 0.05) is 22.6 Å². The van der Waals surface area contributed by atoms with Crippen LogP contribution >= 0.6 is 23.1 Å². The molecule has 3 aromatic rings. The summed E-state index contributed by atoms with van der Waals surface area (Å²) in [5.74, 6) is 0.150. The molecule has 0 bridgehead atoms. The van der Waals surface area contributed by atoms with Crippen LogP contribution in [0.2, 0.25) is 0 Å². The van der Waals surface area contributed by atoms with Crippen molar-refractivity contribution in [2.75, 3.05) is 23.9 Å². The SMILES string of the molecule is CCc1ccc(-c2c(C#N)c(N)nc(SCCC(=O)Nc3sc4c(c3C(=O)OC)CCC(C(C)(C)C)C4)c2C#N)cc1. The van der Waals surface area contributed by atoms with E-state index in [0.29, 0.717) is 38.4 Å². The smallest absolute Gasteiger partial charge is 0.341 e. The number of anilines is 2. The molecule has 0 aliphatic heterocycles. The molecule has 1 aliphatic carbocycles. The highest BCUT2D eigenvalue weighted by Crippen LogP contribution is 2.44. The molecule has 8 nitrogen and oxygen atoms in total. The van der Waals surface area contributed by atoms with Gasteiger partial charge in [-0.2, -0.15) is 10.5 Å². The maximum absolute atomic E-state index is 13.0. The number of amides is 1. The molecule has 0 radical (unpaired) electrons. The van der Waals surface area contributed by atoms with E-state index in [-0.39, 0.29) is 34.7 Å². The number of benzene rings is 1. The number of methoxy groups -OCH3 is 1. The van der Waals surface area contributed by atoms with E-state index in [0.717, 1.165) is 41.7 Å². The van der Waals surface area contributed by atoms with Crippen LogP contribution in [0.25, 0.3) is 11.1 Å². The van der Waals surface area contributed by atoms with Crippen molar-refractivity contribution in [3.63, 3.8) is 0 Å². The molecule has 10 heteroatoms. The Hall–Kier alpha value is -3.86. The first kappa shape index (κ1) is 31.1. The van der Waals surface area contributed by atoms with Crippen LogP contribution in [0.4, 0.5) is 10.8 Å². The minimum Gasteiger partial charge on any atom is -0.465 e. The average molecular weight is 602 g/mol. The number of ether oxygens (including phenoxy) is 1. The van der Waals surface area contributed by atoms with E-state index in [1.807, 2.05) is 24.3 Å². The number of nitriles is 2. The third-order valence-corrected chi connectivity index (χ3v) is 9.91. The topological polar surface area (TPSA) is 142 Å². The van der Waals surface area contributed by atoms with Crippen molar-refractivity contribution in [2.45, 2.75) is 64.8 Å². The first-order chi connectivity index (χ1) is 20.0. The maximum atomic E-state index is 13.0. The van der Waals surface area contributed by atoms with Crippen molar-refractivity contribution < 1.29 is 14.3 Å². The van der Waals surface area contributed by atoms with Gasteiger partial charge in [0.05, 0.1) is 18.2 Å². The predicted molar refractivity (Wildman–Crippen MR) is 167 cm³/mol. The average Bonchev–Trinajstić information content (AvgIpc) is 3.32. The Bertz CT molecular complexity index is 1590. The third-order valence-electron chi connectivity index (χ3n) is 7.77. The van der Waals surface area contributed by atoms with Crippen LogP contribution in [0, 0.1) is 34.0 Å². The molecule has 2 aromatic heterocycles. The van der Waals surface area contributed by atoms with Gasteiger partial charge in [-0.05, 0) is 53.7 Å². The van der Waals surface area contributed by atoms with Crippen LogP contribution in [0.5, 0.6) is 0 Å². The maximum Gasteiger partial charge on any atom is 0.341 e. The van der Waals surface area contributed by atoms with Crippen molar-refractivity contribution in [3.05, 3.63) is 57.0 Å². The van der Waals surface area contributed by atoms with Crippen molar-refractivity contribution in [1.82, 2.24) is 4.98 Å². The second-order valence-corrected chi connectivity index (χ2v) is 13.5. The summed E-state index contributed by atoms with van der Waals surface area (Å²) in [4.78, 5) is 31.2. The first-order valence-corrected chi connectivity index (χ1v) is 15.7. The van der Waals surface area contributed by atoms with E-state index in [2.05, 4.69) is 50.1 Å². The number of esters is 1. The lowest BCUT2D eigenvalue weighted by Crippen LogP contribution is -2.26. The number of nitrogens with one attached hydrogen (secondary N) is 1. The Kier molecular flexibility index (Phi) is 9.60. The zero-order valence-corrected chi connectivity index (χ0v) is 26.2. The van der Waals surface area contributed by atoms with E-state index in [1.165, 1.54) is 30.2 Å². The fraction of sp³-hybridized carbons (Fsp3) is 0.406. The number of hydrogen-bond acceptors (Lipinski definition) is 9. The molecular weight excluding hydrogens is 567 g/mol. The Balaban J connectivity index is 1.53. The van der Waals surface area contributed by atoms with Gasteiger partial charge < -0.3 is 15.8 Å². The molecule has 0 fully saturated rings. The Labute approximate surface area is 255 Å². The van der Waals surface area contributed by atoms with E-state index >= 15 is 0 Å². The number of carbonyl (C=O) groups excluding carboxylic acids is 2. The third kappa shape index (κ3) is 6.46. The summed E-state index contributed by atoms with van der Waals surface area (Å²) >= 11 is 2.69. The van der Waals surface area contributed by atoms with Gasteiger partial charge in [-0.1, -0.05) is 52.0 Å². The van der Waals surface area contributed by atoms with Gasteiger partial charge in [0.15, 0.2) is 0 Å². The van der Waals surface area contributed by atoms with Crippen LogP contribution in [0.3, 0.4) is 0 Å². The number of nitrogen functional groups attached to an aromatic ring is 1. The Morgan fingerprint density at radius 2 is 1.88 bits per heavy atom. The predicted octanol–water partition coefficient (Wildman–Crippen LogP) is 6.76. The molecule has 1 atom stereocenters. The molecule has 3 N–H and O–H groups in total. The molecule has 2 heterocycles. The van der Waals surface area contributed by atoms with Crippen molar-refractivity contribution in [2.24, 2.45) is 11.3 Å². The lowest BCUT2D eigenvalue weighted by atomic mass is 9.72. The molecule has 0 saturated carbocycles. The summed E-state index contributed by atoms with van der Waals surface area (Å²) in [6.07, 6.45) is 3.60. The Morgan fingerprint density at radius 1 is 1.19 bits per heavy atom. The van der Waals surface area contributed by atoms with Gasteiger partial charge in [-0.3, -0.25) is 4.79 Å². The summed E-state index contributed by atoms with van der Waals surface area (Å²) in [6, 6.07) is 12.0. The number of aryl methyl sites for hydroxylation is 1. The molecular formula is C32H35N5O3S2. The second kappa shape index (κ2) is 13.0. The second-order valence-electron chi connectivity index (χ2n) is 11.4. The number of pyridine rings is 1. The molecule has 0 spiro atoms. The van der Waals surface area contributed by atoms with Gasteiger partial charge in [0.25, 0.3) is 0 Å². The standard InChI is InChI=1S/C32H35N5O3S2/c1-6-18-7-9-19(10-8-18)26-22(16-33)28(35)37-29(23(26)17-34)41-14-13-25(38)36-30-27(31(39)40-5)21-12-11-20(32(2,3)4)15-24(21)42-30/h7-10,20H,6,11-15H2,1-5H3,(H2,35,37)(H,36,38). The van der Waals surface area contributed by atoms with E-state index in [4.69, 9.17) is 10.5 Å². The highest BCUT2D eigenvalue weighted by molar-refractivity contribution is 7.99. The molecule has 1 aliphatic rings. The fourth-order valence-electron chi connectivity index (χ4n) is 5.26. The monoisotopic (exact) mass is 601 g/mol. The van der Waals surface area contributed by atoms with Crippen LogP contribution in [-0.2, 0) is 28.8 Å². The molecule has 1 aromatic carbocycles. The molecule has 42 heavy (non-hydrogen) atoms. The summed E-state index contributed by atoms with van der Waals surface area (Å²) in [5.41, 5.74) is 10.4. The Morgan fingerprint density at radius 3 is 2.48 bits per heavy atom. The largest absolute Gasteiger partial charge is 0.465 e. The summed E-state index contributed by atoms with van der Waals surface area (Å²) in [7, 11) is 1.35. The van der Waals surface area contributed by atoms with E-state index in [1.54, 1.807) is 0 Å². The van der Waals surface area contributed by atoms with Crippen LogP contribution in [-0.4, -0.2) is 29.7 Å². The highest BCUT2D eigenvalue weighted by Gasteiger charge is 2.34. The zero-order chi connectivity index (χ0) is 30.6. The normalized spacial score (nSPS) is 14.4. The minimum absolute atomic E-state index is 0.0402. The zero-order valence-electron chi connectivity index (χ0n) is 24.6. The lowest BCUT2D eigenvalue weighted by molar-refractivity contribution is -0.115. The fourth-order valence-corrected chi connectivity index (χ4v) is 7.53. The number of thioether (sulfide) groups is 1. The quantitative estimate of drug-likeness (QED) is 0.213. The number of aromatic nitrogens is 1. The molecule has 0 saturated heterocycles. The number of thiophene rings is 1. The van der Waals surface area contributed by atoms with Crippen molar-refractivity contribution in [3.8, 4) is 23.3 Å². The summed E-state index contributed by atoms with van der Waals surface area (Å²) < 4.78 is 5.07. The molecule has 4 rings (SSSR count). The number of nitrogens with zero attached hydrogens (tertiary/aromatic N) is 3. The van der Waals surface area contributed by atoms with Gasteiger partial charge in [-0.15, -0.1) is 23.1 Å². The van der Waals surface area contributed by atoms with Crippen molar-refractivity contribution >= 4 is 45.8 Å². The van der Waals surface area contributed by atoms with Gasteiger partial charge in [0.2, 0.25) is 5.91 Å². The van der Waals surface area contributed by atoms with Crippen LogP contribution in [0.1, 0.15) is 78.0 Å². The summed E-state index contributed by atoms with van der Waals surface area (Å²) in [6.45, 7) is 8.75. The van der Waals surface area contributed by atoms with E-state index in [9.17, 15) is 20.1 Å². The molecule has 1 unspecified atom stereocenters. The summed E-state index contributed by atoms with van der Waals surface area (Å²) in [5, 5.41) is 23.7. The minimum atomic E-state index is -0.443.